The molecule has 1 aromatic carbocycles. The zero-order chi connectivity index (χ0) is 21.0. The third kappa shape index (κ3) is 4.18. The van der Waals surface area contributed by atoms with Gasteiger partial charge in [0, 0.05) is 30.9 Å². The lowest BCUT2D eigenvalue weighted by molar-refractivity contribution is -0.159. The fourth-order valence-electron chi connectivity index (χ4n) is 3.94. The molecule has 0 unspecified atom stereocenters. The monoisotopic (exact) mass is 427 g/mol. The summed E-state index contributed by atoms with van der Waals surface area (Å²) in [5.41, 5.74) is -0.363. The summed E-state index contributed by atoms with van der Waals surface area (Å²) in [4.78, 5) is 33.0. The summed E-state index contributed by atoms with van der Waals surface area (Å²) >= 11 is 1.48. The summed E-state index contributed by atoms with van der Waals surface area (Å²) in [7, 11) is 0. The first-order valence-electron chi connectivity index (χ1n) is 10.2. The minimum Gasteiger partial charge on any atom is -0.494 e. The standard InChI is InChI=1S/C22H25N3O4S/c1-2-28-20(27)22(10-13-29-17-7-4-3-5-8-17)9-6-11-25(16-22)19(26)18-15-24-12-14-30-21(24)23-18/h3-5,7-8,12,14-15H,2,6,9-11,13,16H2,1H3/t22-/m0/s1. The van der Waals surface area contributed by atoms with Gasteiger partial charge >= 0.3 is 5.97 Å². The highest BCUT2D eigenvalue weighted by atomic mass is 32.1. The van der Waals surface area contributed by atoms with E-state index in [0.29, 0.717) is 44.8 Å². The number of carbonyl (C=O) groups excluding carboxylic acids is 2. The molecule has 2 aromatic heterocycles. The number of para-hydroxylation sites is 1. The van der Waals surface area contributed by atoms with Gasteiger partial charge in [-0.2, -0.15) is 0 Å². The molecular weight excluding hydrogens is 402 g/mol. The van der Waals surface area contributed by atoms with Crippen LogP contribution in [0.3, 0.4) is 0 Å². The van der Waals surface area contributed by atoms with Crippen molar-refractivity contribution in [3.05, 3.63) is 53.8 Å². The van der Waals surface area contributed by atoms with Crippen molar-refractivity contribution in [3.63, 3.8) is 0 Å². The number of fused-ring (bicyclic) bond motifs is 1. The number of likely N-dealkylation sites (tertiary alicyclic amines) is 1. The zero-order valence-electron chi connectivity index (χ0n) is 17.0. The first-order valence-corrected chi connectivity index (χ1v) is 11.1. The van der Waals surface area contributed by atoms with Crippen LogP contribution >= 0.6 is 11.3 Å². The molecule has 1 atom stereocenters. The van der Waals surface area contributed by atoms with E-state index in [4.69, 9.17) is 9.47 Å². The molecule has 0 aliphatic carbocycles. The second-order valence-electron chi connectivity index (χ2n) is 7.46. The number of nitrogens with zero attached hydrogens (tertiary/aromatic N) is 3. The summed E-state index contributed by atoms with van der Waals surface area (Å²) in [6.07, 6.45) is 5.52. The van der Waals surface area contributed by atoms with E-state index >= 15 is 0 Å². The second-order valence-corrected chi connectivity index (χ2v) is 8.33. The van der Waals surface area contributed by atoms with Crippen molar-refractivity contribution >= 4 is 28.2 Å². The number of hydrogen-bond donors (Lipinski definition) is 0. The molecule has 8 heteroatoms. The summed E-state index contributed by atoms with van der Waals surface area (Å²) in [5, 5.41) is 1.93. The van der Waals surface area contributed by atoms with Crippen molar-refractivity contribution in [3.8, 4) is 5.75 Å². The molecule has 0 spiro atoms. The van der Waals surface area contributed by atoms with Gasteiger partial charge in [-0.05, 0) is 38.3 Å². The molecule has 1 fully saturated rings. The molecule has 1 aliphatic heterocycles. The molecule has 7 nitrogen and oxygen atoms in total. The molecular formula is C22H25N3O4S. The van der Waals surface area contributed by atoms with Crippen LogP contribution in [0.15, 0.2) is 48.1 Å². The molecule has 0 bridgehead atoms. The summed E-state index contributed by atoms with van der Waals surface area (Å²) in [6.45, 7) is 3.41. The van der Waals surface area contributed by atoms with E-state index in [9.17, 15) is 9.59 Å². The average Bonchev–Trinajstić information content (AvgIpc) is 3.37. The second kappa shape index (κ2) is 8.87. The average molecular weight is 428 g/mol. The number of ether oxygens (including phenoxy) is 2. The summed E-state index contributed by atoms with van der Waals surface area (Å²) in [5.74, 6) is 0.353. The molecule has 3 aromatic rings. The highest BCUT2D eigenvalue weighted by Gasteiger charge is 2.45. The van der Waals surface area contributed by atoms with E-state index in [-0.39, 0.29) is 11.9 Å². The Balaban J connectivity index is 1.49. The van der Waals surface area contributed by atoms with Gasteiger partial charge in [0.2, 0.25) is 0 Å². The van der Waals surface area contributed by atoms with Crippen LogP contribution in [0.2, 0.25) is 0 Å². The van der Waals surface area contributed by atoms with Gasteiger partial charge < -0.3 is 14.4 Å². The van der Waals surface area contributed by atoms with E-state index in [1.54, 1.807) is 18.0 Å². The van der Waals surface area contributed by atoms with E-state index in [1.807, 2.05) is 46.3 Å². The Morgan fingerprint density at radius 3 is 2.87 bits per heavy atom. The highest BCUT2D eigenvalue weighted by Crippen LogP contribution is 2.36. The predicted octanol–water partition coefficient (Wildman–Crippen LogP) is 3.65. The number of rotatable bonds is 7. The topological polar surface area (TPSA) is 73.1 Å². The fourth-order valence-corrected chi connectivity index (χ4v) is 4.64. The van der Waals surface area contributed by atoms with Gasteiger partial charge in [0.1, 0.15) is 11.4 Å². The van der Waals surface area contributed by atoms with Crippen molar-refractivity contribution in [2.24, 2.45) is 5.41 Å². The number of imidazole rings is 1. The Hall–Kier alpha value is -2.87. The highest BCUT2D eigenvalue weighted by molar-refractivity contribution is 7.15. The maximum atomic E-state index is 13.1. The Bertz CT molecular complexity index is 987. The van der Waals surface area contributed by atoms with E-state index in [1.165, 1.54) is 11.3 Å². The quantitative estimate of drug-likeness (QED) is 0.538. The number of piperidine rings is 1. The third-order valence-electron chi connectivity index (χ3n) is 5.48. The lowest BCUT2D eigenvalue weighted by Gasteiger charge is -2.40. The summed E-state index contributed by atoms with van der Waals surface area (Å²) < 4.78 is 13.1. The summed E-state index contributed by atoms with van der Waals surface area (Å²) in [6, 6.07) is 9.52. The predicted molar refractivity (Wildman–Crippen MR) is 114 cm³/mol. The van der Waals surface area contributed by atoms with Crippen molar-refractivity contribution < 1.29 is 19.1 Å². The van der Waals surface area contributed by atoms with Crippen LogP contribution in [0.4, 0.5) is 0 Å². The molecule has 4 rings (SSSR count). The first-order chi connectivity index (χ1) is 14.6. The zero-order valence-corrected chi connectivity index (χ0v) is 17.8. The van der Waals surface area contributed by atoms with E-state index in [2.05, 4.69) is 4.98 Å². The van der Waals surface area contributed by atoms with Crippen LogP contribution in [0.1, 0.15) is 36.7 Å². The number of esters is 1. The van der Waals surface area contributed by atoms with Gasteiger partial charge in [0.05, 0.1) is 18.6 Å². The number of hydrogen-bond acceptors (Lipinski definition) is 6. The lowest BCUT2D eigenvalue weighted by atomic mass is 9.77. The van der Waals surface area contributed by atoms with Gasteiger partial charge in [0.25, 0.3) is 5.91 Å². The van der Waals surface area contributed by atoms with Crippen LogP contribution in [-0.2, 0) is 9.53 Å². The molecule has 0 N–H and O–H groups in total. The fraction of sp³-hybridized carbons (Fsp3) is 0.409. The van der Waals surface area contributed by atoms with Crippen molar-refractivity contribution in [2.75, 3.05) is 26.3 Å². The minimum atomic E-state index is -0.768. The van der Waals surface area contributed by atoms with Crippen LogP contribution in [0.5, 0.6) is 5.75 Å². The lowest BCUT2D eigenvalue weighted by Crippen LogP contribution is -2.51. The van der Waals surface area contributed by atoms with Gasteiger partial charge in [-0.1, -0.05) is 18.2 Å². The van der Waals surface area contributed by atoms with E-state index in [0.717, 1.165) is 17.1 Å². The Kier molecular flexibility index (Phi) is 6.03. The van der Waals surface area contributed by atoms with Crippen LogP contribution in [0, 0.1) is 5.41 Å². The number of aromatic nitrogens is 2. The Morgan fingerprint density at radius 2 is 2.10 bits per heavy atom. The molecule has 1 saturated heterocycles. The minimum absolute atomic E-state index is 0.150. The molecule has 3 heterocycles. The van der Waals surface area contributed by atoms with Gasteiger partial charge in [0.15, 0.2) is 4.96 Å². The van der Waals surface area contributed by atoms with Crippen molar-refractivity contribution in [2.45, 2.75) is 26.2 Å². The molecule has 30 heavy (non-hydrogen) atoms. The van der Waals surface area contributed by atoms with E-state index < -0.39 is 5.41 Å². The van der Waals surface area contributed by atoms with Gasteiger partial charge in [-0.3, -0.25) is 14.0 Å². The van der Waals surface area contributed by atoms with Crippen LogP contribution < -0.4 is 4.74 Å². The maximum absolute atomic E-state index is 13.1. The number of thiazole rings is 1. The number of benzene rings is 1. The number of carbonyl (C=O) groups is 2. The number of amides is 1. The third-order valence-corrected chi connectivity index (χ3v) is 6.25. The Labute approximate surface area is 179 Å². The molecule has 1 amide bonds. The molecule has 1 aliphatic rings. The van der Waals surface area contributed by atoms with Gasteiger partial charge in [-0.25, -0.2) is 4.98 Å². The molecule has 158 valence electrons. The SMILES string of the molecule is CCOC(=O)[C@]1(CCOc2ccccc2)CCCN(C(=O)c2cn3ccsc3n2)C1. The van der Waals surface area contributed by atoms with Crippen LogP contribution in [0.25, 0.3) is 4.96 Å². The van der Waals surface area contributed by atoms with Gasteiger partial charge in [-0.15, -0.1) is 11.3 Å². The van der Waals surface area contributed by atoms with Crippen molar-refractivity contribution in [1.82, 2.24) is 14.3 Å². The normalized spacial score (nSPS) is 19.0. The largest absolute Gasteiger partial charge is 0.494 e. The smallest absolute Gasteiger partial charge is 0.314 e. The van der Waals surface area contributed by atoms with Crippen LogP contribution in [-0.4, -0.2) is 52.5 Å². The molecule has 0 radical (unpaired) electrons. The maximum Gasteiger partial charge on any atom is 0.314 e. The first kappa shape index (κ1) is 20.4. The molecule has 0 saturated carbocycles. The van der Waals surface area contributed by atoms with Crippen molar-refractivity contribution in [1.29, 1.82) is 0 Å². The Morgan fingerprint density at radius 1 is 1.27 bits per heavy atom.